The van der Waals surface area contributed by atoms with Crippen LogP contribution < -0.4 is 4.74 Å². The van der Waals surface area contributed by atoms with Gasteiger partial charge in [0.05, 0.1) is 25.3 Å². The Kier molecular flexibility index (Phi) is 5.75. The first kappa shape index (κ1) is 19.6. The fourth-order valence-electron chi connectivity index (χ4n) is 3.37. The summed E-state index contributed by atoms with van der Waals surface area (Å²) in [6, 6.07) is 7.84. The molecular formula is C21H22N2O5. The predicted molar refractivity (Wildman–Crippen MR) is 103 cm³/mol. The standard InChI is InChI=1S/C21H22N2O5/c1-13-12-15(4-5-16(13)28-3)19(24)17-18(14-6-8-22-9-7-14)23(10-11-27-2)21(26)20(17)25/h4-9,12,18,24H,10-11H2,1-3H3/b19-17+/t18-/m1/s1. The minimum absolute atomic E-state index is 0.0527. The minimum atomic E-state index is -0.719. The third-order valence-electron chi connectivity index (χ3n) is 4.77. The molecule has 146 valence electrons. The molecule has 1 atom stereocenters. The third kappa shape index (κ3) is 3.48. The molecule has 7 nitrogen and oxygen atoms in total. The van der Waals surface area contributed by atoms with Crippen molar-refractivity contribution < 1.29 is 24.2 Å². The molecule has 7 heteroatoms. The van der Waals surface area contributed by atoms with Gasteiger partial charge in [-0.3, -0.25) is 14.6 Å². The number of hydrogen-bond acceptors (Lipinski definition) is 6. The van der Waals surface area contributed by atoms with Crippen molar-refractivity contribution in [3.8, 4) is 5.75 Å². The van der Waals surface area contributed by atoms with E-state index in [0.29, 0.717) is 16.9 Å². The number of aliphatic hydroxyl groups excluding tert-OH is 1. The molecule has 0 radical (unpaired) electrons. The molecule has 28 heavy (non-hydrogen) atoms. The van der Waals surface area contributed by atoms with Crippen LogP contribution in [0, 0.1) is 6.92 Å². The van der Waals surface area contributed by atoms with E-state index < -0.39 is 17.7 Å². The number of hydrogen-bond donors (Lipinski definition) is 1. The lowest BCUT2D eigenvalue weighted by Gasteiger charge is -2.24. The Morgan fingerprint density at radius 1 is 1.18 bits per heavy atom. The first-order chi connectivity index (χ1) is 13.5. The quantitative estimate of drug-likeness (QED) is 0.469. The number of aromatic nitrogens is 1. The summed E-state index contributed by atoms with van der Waals surface area (Å²) in [6.07, 6.45) is 3.17. The number of ketones is 1. The maximum absolute atomic E-state index is 12.8. The van der Waals surface area contributed by atoms with Crippen molar-refractivity contribution >= 4 is 17.4 Å². The van der Waals surface area contributed by atoms with Gasteiger partial charge >= 0.3 is 0 Å². The van der Waals surface area contributed by atoms with Gasteiger partial charge in [0.1, 0.15) is 11.5 Å². The Balaban J connectivity index is 2.15. The zero-order valence-corrected chi connectivity index (χ0v) is 16.0. The molecule has 1 saturated heterocycles. The van der Waals surface area contributed by atoms with Gasteiger partial charge in [-0.1, -0.05) is 0 Å². The van der Waals surface area contributed by atoms with Crippen LogP contribution in [0.1, 0.15) is 22.7 Å². The van der Waals surface area contributed by atoms with Crippen LogP contribution in [0.3, 0.4) is 0 Å². The van der Waals surface area contributed by atoms with E-state index in [1.807, 2.05) is 6.92 Å². The monoisotopic (exact) mass is 382 g/mol. The van der Waals surface area contributed by atoms with E-state index in [1.54, 1.807) is 49.8 Å². The number of carbonyl (C=O) groups is 2. The second kappa shape index (κ2) is 8.22. The number of nitrogens with zero attached hydrogens (tertiary/aromatic N) is 2. The highest BCUT2D eigenvalue weighted by Gasteiger charge is 2.45. The van der Waals surface area contributed by atoms with Crippen molar-refractivity contribution in [2.24, 2.45) is 0 Å². The van der Waals surface area contributed by atoms with Crippen molar-refractivity contribution in [1.29, 1.82) is 0 Å². The molecule has 0 unspecified atom stereocenters. The van der Waals surface area contributed by atoms with Crippen LogP contribution in [0.5, 0.6) is 5.75 Å². The number of benzene rings is 1. The molecular weight excluding hydrogens is 360 g/mol. The molecule has 1 N–H and O–H groups in total. The molecule has 1 amide bonds. The van der Waals surface area contributed by atoms with Gasteiger partial charge in [-0.25, -0.2) is 0 Å². The largest absolute Gasteiger partial charge is 0.507 e. The Hall–Kier alpha value is -3.19. The number of pyridine rings is 1. The Bertz CT molecular complexity index is 924. The number of methoxy groups -OCH3 is 2. The smallest absolute Gasteiger partial charge is 0.295 e. The average molecular weight is 382 g/mol. The molecule has 1 fully saturated rings. The molecule has 3 rings (SSSR count). The van der Waals surface area contributed by atoms with Crippen LogP contribution in [0.15, 0.2) is 48.3 Å². The van der Waals surface area contributed by atoms with Gasteiger partial charge in [0, 0.05) is 31.6 Å². The fraction of sp³-hybridized carbons (Fsp3) is 0.286. The van der Waals surface area contributed by atoms with E-state index >= 15 is 0 Å². The summed E-state index contributed by atoms with van der Waals surface area (Å²) in [5, 5.41) is 11.0. The molecule has 0 aliphatic carbocycles. The maximum atomic E-state index is 12.8. The number of carbonyl (C=O) groups excluding carboxylic acids is 2. The van der Waals surface area contributed by atoms with Crippen LogP contribution in [0.2, 0.25) is 0 Å². The van der Waals surface area contributed by atoms with Gasteiger partial charge in [0.15, 0.2) is 0 Å². The summed E-state index contributed by atoms with van der Waals surface area (Å²) >= 11 is 0. The van der Waals surface area contributed by atoms with Gasteiger partial charge in [-0.15, -0.1) is 0 Å². The zero-order valence-electron chi connectivity index (χ0n) is 16.0. The number of Topliss-reactive ketones (excluding diaryl/α,β-unsaturated/α-hetero) is 1. The van der Waals surface area contributed by atoms with E-state index in [9.17, 15) is 14.7 Å². The molecule has 2 heterocycles. The summed E-state index contributed by atoms with van der Waals surface area (Å²) in [7, 11) is 3.09. The number of ether oxygens (including phenoxy) is 2. The van der Waals surface area contributed by atoms with Gasteiger partial charge in [-0.05, 0) is 48.4 Å². The molecule has 1 aliphatic heterocycles. The Morgan fingerprint density at radius 3 is 2.50 bits per heavy atom. The number of likely N-dealkylation sites (tertiary alicyclic amines) is 1. The zero-order chi connectivity index (χ0) is 20.3. The van der Waals surface area contributed by atoms with E-state index in [0.717, 1.165) is 5.56 Å². The first-order valence-electron chi connectivity index (χ1n) is 8.81. The van der Waals surface area contributed by atoms with Gasteiger partial charge in [0.25, 0.3) is 11.7 Å². The lowest BCUT2D eigenvalue weighted by molar-refractivity contribution is -0.140. The van der Waals surface area contributed by atoms with E-state index in [-0.39, 0.29) is 24.5 Å². The van der Waals surface area contributed by atoms with Crippen LogP contribution in [-0.2, 0) is 14.3 Å². The second-order valence-electron chi connectivity index (χ2n) is 6.45. The lowest BCUT2D eigenvalue weighted by Crippen LogP contribution is -2.32. The molecule has 1 aromatic heterocycles. The molecule has 0 bridgehead atoms. The highest BCUT2D eigenvalue weighted by atomic mass is 16.5. The van der Waals surface area contributed by atoms with Crippen molar-refractivity contribution in [3.63, 3.8) is 0 Å². The fourth-order valence-corrected chi connectivity index (χ4v) is 3.37. The number of aliphatic hydroxyl groups is 1. The van der Waals surface area contributed by atoms with Crippen LogP contribution in [-0.4, -0.2) is 54.1 Å². The summed E-state index contributed by atoms with van der Waals surface area (Å²) < 4.78 is 10.3. The SMILES string of the molecule is COCCN1C(=O)C(=O)/C(=C(/O)c2ccc(OC)c(C)c2)[C@H]1c1ccncc1. The predicted octanol–water partition coefficient (Wildman–Crippen LogP) is 2.47. The topological polar surface area (TPSA) is 89.0 Å². The summed E-state index contributed by atoms with van der Waals surface area (Å²) in [5.74, 6) is -0.928. The van der Waals surface area contributed by atoms with E-state index in [4.69, 9.17) is 9.47 Å². The van der Waals surface area contributed by atoms with Crippen molar-refractivity contribution in [1.82, 2.24) is 9.88 Å². The van der Waals surface area contributed by atoms with Crippen molar-refractivity contribution in [2.75, 3.05) is 27.4 Å². The highest BCUT2D eigenvalue weighted by molar-refractivity contribution is 6.46. The highest BCUT2D eigenvalue weighted by Crippen LogP contribution is 2.39. The molecule has 0 saturated carbocycles. The minimum Gasteiger partial charge on any atom is -0.507 e. The van der Waals surface area contributed by atoms with Crippen LogP contribution in [0.4, 0.5) is 0 Å². The van der Waals surface area contributed by atoms with Gasteiger partial charge < -0.3 is 19.5 Å². The first-order valence-corrected chi connectivity index (χ1v) is 8.81. The summed E-state index contributed by atoms with van der Waals surface area (Å²) in [5.41, 5.74) is 2.00. The molecule has 0 spiro atoms. The van der Waals surface area contributed by atoms with Crippen molar-refractivity contribution in [3.05, 3.63) is 65.0 Å². The normalized spacial score (nSPS) is 18.5. The lowest BCUT2D eigenvalue weighted by atomic mass is 9.95. The maximum Gasteiger partial charge on any atom is 0.295 e. The summed E-state index contributed by atoms with van der Waals surface area (Å²) in [4.78, 5) is 30.9. The number of amides is 1. The van der Waals surface area contributed by atoms with Crippen LogP contribution in [0.25, 0.3) is 5.76 Å². The Morgan fingerprint density at radius 2 is 1.89 bits per heavy atom. The Labute approximate surface area is 163 Å². The molecule has 1 aromatic carbocycles. The third-order valence-corrected chi connectivity index (χ3v) is 4.77. The van der Waals surface area contributed by atoms with Crippen molar-refractivity contribution in [2.45, 2.75) is 13.0 Å². The number of rotatable bonds is 6. The summed E-state index contributed by atoms with van der Waals surface area (Å²) in [6.45, 7) is 2.34. The molecule has 2 aromatic rings. The van der Waals surface area contributed by atoms with Crippen LogP contribution >= 0.6 is 0 Å². The van der Waals surface area contributed by atoms with E-state index in [1.165, 1.54) is 12.0 Å². The van der Waals surface area contributed by atoms with E-state index in [2.05, 4.69) is 4.98 Å². The van der Waals surface area contributed by atoms with Gasteiger partial charge in [-0.2, -0.15) is 0 Å². The average Bonchev–Trinajstić information content (AvgIpc) is 2.97. The molecule has 1 aliphatic rings. The number of aryl methyl sites for hydroxylation is 1. The second-order valence-corrected chi connectivity index (χ2v) is 6.45. The van der Waals surface area contributed by atoms with Gasteiger partial charge in [0.2, 0.25) is 0 Å².